The van der Waals surface area contributed by atoms with Gasteiger partial charge in [-0.15, -0.1) is 15.9 Å². The molecular formula is C24H36N6O. The van der Waals surface area contributed by atoms with Crippen molar-refractivity contribution in [1.29, 1.82) is 0 Å². The summed E-state index contributed by atoms with van der Waals surface area (Å²) < 4.78 is 0. The predicted octanol–water partition coefficient (Wildman–Crippen LogP) is 6.54. The van der Waals surface area contributed by atoms with Gasteiger partial charge in [-0.1, -0.05) is 69.1 Å². The van der Waals surface area contributed by atoms with Crippen molar-refractivity contribution in [3.05, 3.63) is 53.5 Å². The van der Waals surface area contributed by atoms with Gasteiger partial charge in [0.1, 0.15) is 0 Å². The molecule has 0 spiro atoms. The summed E-state index contributed by atoms with van der Waals surface area (Å²) in [6.45, 7) is 4.37. The molecule has 2 unspecified atom stereocenters. The van der Waals surface area contributed by atoms with Crippen LogP contribution in [0, 0.1) is 28.6 Å². The number of unbranched alkanes of at least 4 members (excludes halogenated alkanes) is 1. The first-order valence-electron chi connectivity index (χ1n) is 10.8. The Hall–Kier alpha value is -3.14. The lowest BCUT2D eigenvalue weighted by atomic mass is 10.1. The molecule has 0 aromatic heterocycles. The Bertz CT molecular complexity index is 707. The van der Waals surface area contributed by atoms with Gasteiger partial charge in [0.25, 0.3) is 0 Å². The van der Waals surface area contributed by atoms with Crippen LogP contribution in [-0.4, -0.2) is 19.5 Å². The number of hydrogen-bond donors (Lipinski definition) is 1. The second kappa shape index (κ2) is 23.1. The lowest BCUT2D eigenvalue weighted by molar-refractivity contribution is 0.637. The van der Waals surface area contributed by atoms with Crippen LogP contribution in [0.25, 0.3) is 0 Å². The molecule has 0 aliphatic heterocycles. The maximum Gasteiger partial charge on any atom is 0.0722 e. The number of nitrogens with zero attached hydrogens (tertiary/aromatic N) is 5. The number of nitrogens with one attached hydrogen (secondary N) is 1. The fourth-order valence-electron chi connectivity index (χ4n) is 2.59. The minimum atomic E-state index is 0.760. The maximum absolute atomic E-state index is 9.54. The monoisotopic (exact) mass is 424 g/mol. The van der Waals surface area contributed by atoms with Crippen molar-refractivity contribution in [2.75, 3.05) is 7.05 Å². The van der Waals surface area contributed by atoms with Gasteiger partial charge < -0.3 is 0 Å². The molecule has 31 heavy (non-hydrogen) atoms. The molecule has 0 heterocycles. The van der Waals surface area contributed by atoms with E-state index in [0.717, 1.165) is 31.1 Å². The third-order valence-electron chi connectivity index (χ3n) is 4.16. The Kier molecular flexibility index (Phi) is 20.8. The van der Waals surface area contributed by atoms with Crippen LogP contribution in [0.3, 0.4) is 0 Å². The van der Waals surface area contributed by atoms with E-state index >= 15 is 0 Å². The summed E-state index contributed by atoms with van der Waals surface area (Å²) in [4.78, 5) is 9.54. The van der Waals surface area contributed by atoms with Gasteiger partial charge in [0.2, 0.25) is 0 Å². The molecule has 1 saturated carbocycles. The van der Waals surface area contributed by atoms with Crippen molar-refractivity contribution in [1.82, 2.24) is 5.53 Å². The summed E-state index contributed by atoms with van der Waals surface area (Å²) in [6.07, 6.45) is 26.8. The maximum atomic E-state index is 9.54. The molecular weight excluding hydrogens is 388 g/mol. The van der Waals surface area contributed by atoms with Crippen molar-refractivity contribution in [2.45, 2.75) is 58.8 Å². The van der Waals surface area contributed by atoms with E-state index in [0.29, 0.717) is 0 Å². The van der Waals surface area contributed by atoms with E-state index in [-0.39, 0.29) is 0 Å². The number of nitroso groups, excluding NO2 is 1. The first-order chi connectivity index (χ1) is 15.3. The van der Waals surface area contributed by atoms with Gasteiger partial charge in [0.05, 0.1) is 18.5 Å². The molecule has 7 nitrogen and oxygen atoms in total. The quantitative estimate of drug-likeness (QED) is 0.0907. The van der Waals surface area contributed by atoms with Crippen molar-refractivity contribution in [3.8, 4) is 11.8 Å². The highest BCUT2D eigenvalue weighted by atomic mass is 16.3. The van der Waals surface area contributed by atoms with Crippen LogP contribution in [0.2, 0.25) is 0 Å². The van der Waals surface area contributed by atoms with Crippen molar-refractivity contribution in [3.63, 3.8) is 0 Å². The van der Waals surface area contributed by atoms with E-state index in [1.54, 1.807) is 25.4 Å². The fraction of sp³-hybridized carbons (Fsp3) is 0.500. The second-order valence-electron chi connectivity index (χ2n) is 6.74. The molecule has 1 rings (SSSR count). The van der Waals surface area contributed by atoms with Gasteiger partial charge in [-0.05, 0) is 48.5 Å². The zero-order valence-corrected chi connectivity index (χ0v) is 19.0. The normalized spacial score (nSPS) is 18.4. The van der Waals surface area contributed by atoms with Gasteiger partial charge in [-0.2, -0.15) is 15.8 Å². The molecule has 0 radical (unpaired) electrons. The highest BCUT2D eigenvalue weighted by Gasteiger charge is 2.34. The van der Waals surface area contributed by atoms with E-state index in [2.05, 4.69) is 63.7 Å². The lowest BCUT2D eigenvalue weighted by Crippen LogP contribution is -1.89. The lowest BCUT2D eigenvalue weighted by Gasteiger charge is -1.92. The highest BCUT2D eigenvalue weighted by molar-refractivity contribution is 5.71. The van der Waals surface area contributed by atoms with Crippen LogP contribution < -0.4 is 5.53 Å². The van der Waals surface area contributed by atoms with Crippen molar-refractivity contribution >= 4 is 12.4 Å². The summed E-state index contributed by atoms with van der Waals surface area (Å²) in [7, 11) is 1.60. The molecule has 0 aromatic rings. The topological polar surface area (TPSA) is 90.9 Å². The first kappa shape index (κ1) is 27.9. The summed E-state index contributed by atoms with van der Waals surface area (Å²) in [5.74, 6) is 8.03. The Morgan fingerprint density at radius 1 is 0.935 bits per heavy atom. The SMILES string of the molecule is CCCC#CC/C=C/C=C/C=N/NN=O.CCCC1CC1C/C=C/C=C/C=N/N=NC. The summed E-state index contributed by atoms with van der Waals surface area (Å²) in [5.41, 5.74) is 1.91. The average Bonchev–Trinajstić information content (AvgIpc) is 3.52. The molecule has 0 saturated heterocycles. The van der Waals surface area contributed by atoms with E-state index < -0.39 is 0 Å². The summed E-state index contributed by atoms with van der Waals surface area (Å²) in [6, 6.07) is 0. The van der Waals surface area contributed by atoms with Crippen LogP contribution in [0.5, 0.6) is 0 Å². The standard InChI is InChI=1S/C13H21N3.C11H15N3O/c1-3-8-12-11-13(12)9-6-4-5-7-10-15-16-14-2;1-2-3-4-5-6-7-8-9-10-11-12-13-14-15/h4-7,10,12-13H,3,8-9,11H2,1-2H3;7-11H,2-3,6H2,1H3,(H,13,15)/b6-4+,7-5+,15-10+,16-14?;8-7+,10-9+,12-11+. The summed E-state index contributed by atoms with van der Waals surface area (Å²) in [5, 5.41) is 16.5. The molecule has 7 heteroatoms. The van der Waals surface area contributed by atoms with E-state index in [1.165, 1.54) is 31.9 Å². The molecule has 0 amide bonds. The number of hydrogen-bond acceptors (Lipinski definition) is 5. The third kappa shape index (κ3) is 21.4. The van der Waals surface area contributed by atoms with Crippen LogP contribution in [0.15, 0.2) is 74.4 Å². The van der Waals surface area contributed by atoms with Gasteiger partial charge in [-0.25, -0.2) is 0 Å². The van der Waals surface area contributed by atoms with E-state index in [4.69, 9.17) is 0 Å². The summed E-state index contributed by atoms with van der Waals surface area (Å²) >= 11 is 0. The third-order valence-corrected chi connectivity index (χ3v) is 4.16. The number of rotatable bonds is 13. The largest absolute Gasteiger partial charge is 0.172 e. The molecule has 1 N–H and O–H groups in total. The second-order valence-corrected chi connectivity index (χ2v) is 6.74. The fourth-order valence-corrected chi connectivity index (χ4v) is 2.59. The Morgan fingerprint density at radius 2 is 1.71 bits per heavy atom. The van der Waals surface area contributed by atoms with Gasteiger partial charge in [0, 0.05) is 19.1 Å². The van der Waals surface area contributed by atoms with E-state index in [1.807, 2.05) is 29.8 Å². The van der Waals surface area contributed by atoms with Crippen LogP contribution in [0.1, 0.15) is 58.8 Å². The zero-order chi connectivity index (χ0) is 22.8. The molecule has 2 atom stereocenters. The Morgan fingerprint density at radius 3 is 2.42 bits per heavy atom. The molecule has 1 aliphatic rings. The highest BCUT2D eigenvalue weighted by Crippen LogP contribution is 2.44. The molecule has 1 fully saturated rings. The number of allylic oxidation sites excluding steroid dienone is 8. The first-order valence-corrected chi connectivity index (χ1v) is 10.8. The zero-order valence-electron chi connectivity index (χ0n) is 19.0. The molecule has 0 bridgehead atoms. The Balaban J connectivity index is 0.000000582. The minimum absolute atomic E-state index is 0.760. The smallest absolute Gasteiger partial charge is 0.0722 e. The predicted molar refractivity (Wildman–Crippen MR) is 132 cm³/mol. The van der Waals surface area contributed by atoms with Gasteiger partial charge in [0.15, 0.2) is 0 Å². The van der Waals surface area contributed by atoms with Gasteiger partial charge in [-0.3, -0.25) is 0 Å². The molecule has 1 aliphatic carbocycles. The van der Waals surface area contributed by atoms with Crippen LogP contribution in [-0.2, 0) is 0 Å². The van der Waals surface area contributed by atoms with Crippen molar-refractivity contribution < 1.29 is 0 Å². The van der Waals surface area contributed by atoms with Crippen molar-refractivity contribution in [2.24, 2.45) is 37.7 Å². The average molecular weight is 425 g/mol. The number of hydrazone groups is 1. The van der Waals surface area contributed by atoms with Gasteiger partial charge >= 0.3 is 0 Å². The van der Waals surface area contributed by atoms with E-state index in [9.17, 15) is 4.91 Å². The minimum Gasteiger partial charge on any atom is -0.172 e. The van der Waals surface area contributed by atoms with Crippen LogP contribution >= 0.6 is 0 Å². The molecule has 0 aromatic carbocycles. The molecule has 168 valence electrons. The van der Waals surface area contributed by atoms with Crippen LogP contribution in [0.4, 0.5) is 0 Å². The Labute approximate surface area is 187 Å².